The number of anilines is 1. The summed E-state index contributed by atoms with van der Waals surface area (Å²) in [5.74, 6) is 0.842. The van der Waals surface area contributed by atoms with Crippen LogP contribution >= 0.6 is 0 Å². The zero-order valence-corrected chi connectivity index (χ0v) is 10.0. The Morgan fingerprint density at radius 1 is 1.35 bits per heavy atom. The number of β-amino-alcohol motifs (C(OH)–C–C–N with tert-alkyl or cyclic N) is 1. The first-order valence-electron chi connectivity index (χ1n) is 5.77. The van der Waals surface area contributed by atoms with E-state index >= 15 is 0 Å². The van der Waals surface area contributed by atoms with Crippen LogP contribution in [-0.2, 0) is 12.8 Å². The molecule has 0 saturated heterocycles. The number of aliphatic hydroxyl groups excluding tert-OH is 1. The molecule has 2 rings (SSSR count). The first kappa shape index (κ1) is 12.1. The number of methoxy groups -OCH3 is 1. The number of nitrogen functional groups attached to an aromatic ring is 1. The van der Waals surface area contributed by atoms with Gasteiger partial charge < -0.3 is 20.5 Å². The summed E-state index contributed by atoms with van der Waals surface area (Å²) in [7, 11) is 1.60. The molecule has 0 fully saturated rings. The molecular weight excluding hydrogens is 220 g/mol. The Morgan fingerprint density at radius 3 is 2.82 bits per heavy atom. The summed E-state index contributed by atoms with van der Waals surface area (Å²) in [6, 6.07) is 0. The van der Waals surface area contributed by atoms with E-state index in [1.807, 2.05) is 0 Å². The van der Waals surface area contributed by atoms with E-state index in [4.69, 9.17) is 15.6 Å². The van der Waals surface area contributed by atoms with Crippen LogP contribution in [0.3, 0.4) is 0 Å². The highest BCUT2D eigenvalue weighted by Crippen LogP contribution is 2.23. The first-order chi connectivity index (χ1) is 8.24. The van der Waals surface area contributed by atoms with Gasteiger partial charge in [-0.2, -0.15) is 4.98 Å². The topological polar surface area (TPSA) is 84.5 Å². The summed E-state index contributed by atoms with van der Waals surface area (Å²) < 4.78 is 5.25. The van der Waals surface area contributed by atoms with Gasteiger partial charge in [0.25, 0.3) is 0 Å². The number of aromatic nitrogens is 2. The molecule has 0 unspecified atom stereocenters. The van der Waals surface area contributed by atoms with Gasteiger partial charge in [0.05, 0.1) is 19.4 Å². The van der Waals surface area contributed by atoms with E-state index in [0.717, 1.165) is 37.2 Å². The van der Waals surface area contributed by atoms with Crippen LogP contribution in [0.5, 0.6) is 5.88 Å². The van der Waals surface area contributed by atoms with E-state index in [-0.39, 0.29) is 12.6 Å². The largest absolute Gasteiger partial charge is 0.481 e. The fourth-order valence-corrected chi connectivity index (χ4v) is 2.16. The van der Waals surface area contributed by atoms with Crippen molar-refractivity contribution in [3.8, 4) is 5.88 Å². The Morgan fingerprint density at radius 2 is 2.12 bits per heavy atom. The summed E-state index contributed by atoms with van der Waals surface area (Å²) in [6.45, 7) is 2.64. The van der Waals surface area contributed by atoms with Gasteiger partial charge in [-0.25, -0.2) is 4.98 Å². The van der Waals surface area contributed by atoms with Gasteiger partial charge in [0.2, 0.25) is 11.8 Å². The van der Waals surface area contributed by atoms with Crippen molar-refractivity contribution in [3.63, 3.8) is 0 Å². The van der Waals surface area contributed by atoms with Gasteiger partial charge in [-0.15, -0.1) is 0 Å². The molecular formula is C11H18N4O2. The molecule has 0 radical (unpaired) electrons. The second kappa shape index (κ2) is 5.29. The number of fused-ring (bicyclic) bond motifs is 1. The maximum atomic E-state index is 8.96. The van der Waals surface area contributed by atoms with Crippen molar-refractivity contribution in [1.82, 2.24) is 14.9 Å². The number of aliphatic hydroxyl groups is 1. The summed E-state index contributed by atoms with van der Waals surface area (Å²) in [5.41, 5.74) is 7.66. The van der Waals surface area contributed by atoms with Crippen LogP contribution in [0.1, 0.15) is 11.3 Å². The SMILES string of the molecule is COc1nc(N)nc2c1CCN(CCO)CC2. The van der Waals surface area contributed by atoms with Crippen LogP contribution < -0.4 is 10.5 Å². The normalized spacial score (nSPS) is 16.4. The van der Waals surface area contributed by atoms with Crippen molar-refractivity contribution in [2.75, 3.05) is 39.1 Å². The number of hydrogen-bond acceptors (Lipinski definition) is 6. The fourth-order valence-electron chi connectivity index (χ4n) is 2.16. The zero-order chi connectivity index (χ0) is 12.3. The Labute approximate surface area is 100 Å². The van der Waals surface area contributed by atoms with Gasteiger partial charge in [-0.1, -0.05) is 0 Å². The van der Waals surface area contributed by atoms with Crippen LogP contribution in [0.15, 0.2) is 0 Å². The molecule has 0 bridgehead atoms. The molecule has 1 aliphatic heterocycles. The maximum absolute atomic E-state index is 8.96. The molecule has 0 atom stereocenters. The smallest absolute Gasteiger partial charge is 0.223 e. The standard InChI is InChI=1S/C11H18N4O2/c1-17-10-8-2-4-15(6-7-16)5-3-9(8)13-11(12)14-10/h16H,2-7H2,1H3,(H2,12,13,14). The molecule has 6 nitrogen and oxygen atoms in total. The number of hydrogen-bond donors (Lipinski definition) is 2. The Kier molecular flexibility index (Phi) is 3.75. The minimum absolute atomic E-state index is 0.182. The van der Waals surface area contributed by atoms with E-state index < -0.39 is 0 Å². The van der Waals surface area contributed by atoms with Crippen molar-refractivity contribution < 1.29 is 9.84 Å². The molecule has 1 aromatic rings. The third-order valence-corrected chi connectivity index (χ3v) is 3.02. The first-order valence-corrected chi connectivity index (χ1v) is 5.77. The lowest BCUT2D eigenvalue weighted by Gasteiger charge is -2.17. The van der Waals surface area contributed by atoms with Crippen molar-refractivity contribution in [3.05, 3.63) is 11.3 Å². The van der Waals surface area contributed by atoms with Crippen LogP contribution in [-0.4, -0.2) is 53.3 Å². The Bertz CT molecular complexity index is 397. The quantitative estimate of drug-likeness (QED) is 0.735. The summed E-state index contributed by atoms with van der Waals surface area (Å²) >= 11 is 0. The predicted molar refractivity (Wildman–Crippen MR) is 63.9 cm³/mol. The molecule has 0 aromatic carbocycles. The Hall–Kier alpha value is -1.40. The van der Waals surface area contributed by atoms with Crippen molar-refractivity contribution in [2.45, 2.75) is 12.8 Å². The molecule has 0 amide bonds. The number of nitrogens with two attached hydrogens (primary N) is 1. The van der Waals surface area contributed by atoms with Crippen LogP contribution in [0, 0.1) is 0 Å². The third kappa shape index (κ3) is 2.65. The highest BCUT2D eigenvalue weighted by atomic mass is 16.5. The maximum Gasteiger partial charge on any atom is 0.223 e. The third-order valence-electron chi connectivity index (χ3n) is 3.02. The predicted octanol–water partition coefficient (Wildman–Crippen LogP) is -0.540. The highest BCUT2D eigenvalue weighted by Gasteiger charge is 2.19. The fraction of sp³-hybridized carbons (Fsp3) is 0.636. The molecule has 2 heterocycles. The van der Waals surface area contributed by atoms with Crippen LogP contribution in [0.25, 0.3) is 0 Å². The summed E-state index contributed by atoms with van der Waals surface area (Å²) in [4.78, 5) is 10.6. The minimum atomic E-state index is 0.182. The van der Waals surface area contributed by atoms with Gasteiger partial charge in [-0.3, -0.25) is 0 Å². The lowest BCUT2D eigenvalue weighted by atomic mass is 10.1. The number of rotatable bonds is 3. The second-order valence-electron chi connectivity index (χ2n) is 4.08. The molecule has 6 heteroatoms. The number of nitrogens with zero attached hydrogens (tertiary/aromatic N) is 3. The van der Waals surface area contributed by atoms with Crippen molar-refractivity contribution >= 4 is 5.95 Å². The molecule has 0 aliphatic carbocycles. The van der Waals surface area contributed by atoms with E-state index in [1.165, 1.54) is 0 Å². The second-order valence-corrected chi connectivity index (χ2v) is 4.08. The van der Waals surface area contributed by atoms with Crippen molar-refractivity contribution in [2.24, 2.45) is 0 Å². The molecule has 0 spiro atoms. The highest BCUT2D eigenvalue weighted by molar-refractivity contribution is 5.37. The van der Waals surface area contributed by atoms with E-state index in [1.54, 1.807) is 7.11 Å². The van der Waals surface area contributed by atoms with Gasteiger partial charge in [0, 0.05) is 31.6 Å². The van der Waals surface area contributed by atoms with Crippen molar-refractivity contribution in [1.29, 1.82) is 0 Å². The molecule has 17 heavy (non-hydrogen) atoms. The monoisotopic (exact) mass is 238 g/mol. The van der Waals surface area contributed by atoms with Gasteiger partial charge in [0.15, 0.2) is 0 Å². The van der Waals surface area contributed by atoms with E-state index in [9.17, 15) is 0 Å². The lowest BCUT2D eigenvalue weighted by molar-refractivity contribution is 0.201. The molecule has 1 aromatic heterocycles. The van der Waals surface area contributed by atoms with E-state index in [0.29, 0.717) is 12.4 Å². The van der Waals surface area contributed by atoms with E-state index in [2.05, 4.69) is 14.9 Å². The Balaban J connectivity index is 2.24. The average molecular weight is 238 g/mol. The average Bonchev–Trinajstić information content (AvgIpc) is 2.52. The molecule has 94 valence electrons. The minimum Gasteiger partial charge on any atom is -0.481 e. The van der Waals surface area contributed by atoms with Gasteiger partial charge in [-0.05, 0) is 6.42 Å². The van der Waals surface area contributed by atoms with Gasteiger partial charge in [0.1, 0.15) is 0 Å². The lowest BCUT2D eigenvalue weighted by Crippen LogP contribution is -2.29. The molecule has 1 aliphatic rings. The zero-order valence-electron chi connectivity index (χ0n) is 10.0. The molecule has 3 N–H and O–H groups in total. The summed E-state index contributed by atoms with van der Waals surface area (Å²) in [6.07, 6.45) is 1.65. The summed E-state index contributed by atoms with van der Waals surface area (Å²) in [5, 5.41) is 8.96. The molecule has 0 saturated carbocycles. The van der Waals surface area contributed by atoms with Crippen LogP contribution in [0.2, 0.25) is 0 Å². The number of ether oxygens (including phenoxy) is 1. The van der Waals surface area contributed by atoms with Crippen LogP contribution in [0.4, 0.5) is 5.95 Å². The van der Waals surface area contributed by atoms with Gasteiger partial charge >= 0.3 is 0 Å².